The van der Waals surface area contributed by atoms with Crippen LogP contribution in [0.2, 0.25) is 0 Å². The highest BCUT2D eigenvalue weighted by atomic mass is 19.2. The molecule has 0 bridgehead atoms. The molecule has 0 fully saturated rings. The zero-order chi connectivity index (χ0) is 11.7. The van der Waals surface area contributed by atoms with Gasteiger partial charge in [-0.1, -0.05) is 0 Å². The van der Waals surface area contributed by atoms with Crippen LogP contribution in [0.15, 0.2) is 0 Å². The molecule has 78 valence electrons. The van der Waals surface area contributed by atoms with Crippen molar-refractivity contribution in [3.05, 3.63) is 38.7 Å². The van der Waals surface area contributed by atoms with Crippen LogP contribution in [0.3, 0.4) is 0 Å². The number of hydrogen-bond donors (Lipinski definition) is 0. The number of nitriles is 1. The molecule has 0 unspecified atom stereocenters. The molecule has 7 heteroatoms. The largest absolute Gasteiger partial charge is 0.325 e. The van der Waals surface area contributed by atoms with Crippen LogP contribution in [0, 0.1) is 45.8 Å². The molecular weight excluding hydrogens is 213 g/mol. The second kappa shape index (κ2) is 3.57. The van der Waals surface area contributed by atoms with Gasteiger partial charge in [-0.15, -0.1) is 0 Å². The monoisotopic (exact) mass is 216 g/mol. The van der Waals surface area contributed by atoms with Gasteiger partial charge in [0.2, 0.25) is 5.82 Å². The standard InChI is InChI=1S/C8H3F3N2O2/c1-3-5(9)7(11)4(2-12)8(6(3)10)13(14)15/h1H3. The molecule has 0 amide bonds. The Morgan fingerprint density at radius 1 is 1.27 bits per heavy atom. The number of nitro benzene ring substituents is 1. The van der Waals surface area contributed by atoms with E-state index in [0.717, 1.165) is 13.0 Å². The number of nitro groups is 1. The highest BCUT2D eigenvalue weighted by molar-refractivity contribution is 5.53. The predicted octanol–water partition coefficient (Wildman–Crippen LogP) is 2.19. The minimum absolute atomic E-state index is 0.821. The van der Waals surface area contributed by atoms with Crippen LogP contribution < -0.4 is 0 Å². The molecule has 0 heterocycles. The van der Waals surface area contributed by atoms with Gasteiger partial charge in [0.1, 0.15) is 6.07 Å². The van der Waals surface area contributed by atoms with E-state index >= 15 is 0 Å². The lowest BCUT2D eigenvalue weighted by molar-refractivity contribution is -0.388. The van der Waals surface area contributed by atoms with Crippen molar-refractivity contribution in [3.63, 3.8) is 0 Å². The molecule has 0 spiro atoms. The highest BCUT2D eigenvalue weighted by Gasteiger charge is 2.30. The first kappa shape index (κ1) is 11.0. The summed E-state index contributed by atoms with van der Waals surface area (Å²) in [4.78, 5) is 9.08. The molecule has 0 N–H and O–H groups in total. The Morgan fingerprint density at radius 3 is 2.20 bits per heavy atom. The normalized spacial score (nSPS) is 9.80. The van der Waals surface area contributed by atoms with Gasteiger partial charge in [-0.3, -0.25) is 10.1 Å². The van der Waals surface area contributed by atoms with Crippen LogP contribution in [0.4, 0.5) is 18.9 Å². The maximum atomic E-state index is 13.1. The molecule has 0 saturated heterocycles. The Hall–Kier alpha value is -2.10. The Kier molecular flexibility index (Phi) is 2.61. The SMILES string of the molecule is Cc1c(F)c(F)c(C#N)c([N+](=O)[O-])c1F. The fourth-order valence-corrected chi connectivity index (χ4v) is 1.04. The first-order valence-corrected chi connectivity index (χ1v) is 3.63. The summed E-state index contributed by atoms with van der Waals surface area (Å²) in [5.74, 6) is -4.83. The van der Waals surface area contributed by atoms with E-state index in [2.05, 4.69) is 0 Å². The molecule has 0 aliphatic heterocycles. The van der Waals surface area contributed by atoms with Crippen molar-refractivity contribution in [3.8, 4) is 6.07 Å². The zero-order valence-corrected chi connectivity index (χ0v) is 7.34. The van der Waals surface area contributed by atoms with Gasteiger partial charge < -0.3 is 0 Å². The van der Waals surface area contributed by atoms with E-state index < -0.39 is 39.2 Å². The minimum atomic E-state index is -1.71. The summed E-state index contributed by atoms with van der Waals surface area (Å²) in [5, 5.41) is 18.7. The fourth-order valence-electron chi connectivity index (χ4n) is 1.04. The maximum Gasteiger partial charge on any atom is 0.325 e. The van der Waals surface area contributed by atoms with Crippen molar-refractivity contribution in [1.82, 2.24) is 0 Å². The molecule has 0 saturated carbocycles. The van der Waals surface area contributed by atoms with Crippen LogP contribution in [0.25, 0.3) is 0 Å². The molecular formula is C8H3F3N2O2. The van der Waals surface area contributed by atoms with Gasteiger partial charge >= 0.3 is 5.69 Å². The third kappa shape index (κ3) is 1.50. The summed E-state index contributed by atoms with van der Waals surface area (Å²) >= 11 is 0. The van der Waals surface area contributed by atoms with Crippen molar-refractivity contribution in [2.24, 2.45) is 0 Å². The van der Waals surface area contributed by atoms with E-state index in [9.17, 15) is 23.3 Å². The van der Waals surface area contributed by atoms with E-state index in [4.69, 9.17) is 5.26 Å². The van der Waals surface area contributed by atoms with Crippen molar-refractivity contribution in [2.45, 2.75) is 6.92 Å². The average Bonchev–Trinajstić information content (AvgIpc) is 2.19. The van der Waals surface area contributed by atoms with Gasteiger partial charge in [-0.25, -0.2) is 8.78 Å². The predicted molar refractivity (Wildman–Crippen MR) is 42.4 cm³/mol. The second-order valence-corrected chi connectivity index (χ2v) is 2.66. The van der Waals surface area contributed by atoms with E-state index in [1.54, 1.807) is 0 Å². The van der Waals surface area contributed by atoms with Crippen LogP contribution in [0.5, 0.6) is 0 Å². The van der Waals surface area contributed by atoms with Crippen LogP contribution >= 0.6 is 0 Å². The van der Waals surface area contributed by atoms with Crippen molar-refractivity contribution in [1.29, 1.82) is 5.26 Å². The second-order valence-electron chi connectivity index (χ2n) is 2.66. The van der Waals surface area contributed by atoms with Crippen LogP contribution in [-0.4, -0.2) is 4.92 Å². The lowest BCUT2D eigenvalue weighted by atomic mass is 10.1. The average molecular weight is 216 g/mol. The molecule has 0 aliphatic carbocycles. The number of nitrogens with zero attached hydrogens (tertiary/aromatic N) is 2. The first-order chi connectivity index (χ1) is 6.91. The number of rotatable bonds is 1. The molecule has 0 atom stereocenters. The Labute approximate surface area is 81.7 Å². The third-order valence-electron chi connectivity index (χ3n) is 1.81. The summed E-state index contributed by atoms with van der Waals surface area (Å²) < 4.78 is 39.0. The van der Waals surface area contributed by atoms with Gasteiger partial charge in [0.15, 0.2) is 17.2 Å². The Morgan fingerprint density at radius 2 is 1.80 bits per heavy atom. The molecule has 1 aromatic carbocycles. The molecule has 1 aromatic rings. The van der Waals surface area contributed by atoms with E-state index in [1.807, 2.05) is 0 Å². The van der Waals surface area contributed by atoms with Crippen molar-refractivity contribution < 1.29 is 18.1 Å². The quantitative estimate of drug-likeness (QED) is 0.410. The third-order valence-corrected chi connectivity index (χ3v) is 1.81. The van der Waals surface area contributed by atoms with E-state index in [0.29, 0.717) is 0 Å². The van der Waals surface area contributed by atoms with Gasteiger partial charge in [0.05, 0.1) is 4.92 Å². The fraction of sp³-hybridized carbons (Fsp3) is 0.125. The lowest BCUT2D eigenvalue weighted by Crippen LogP contribution is -2.05. The van der Waals surface area contributed by atoms with Crippen LogP contribution in [-0.2, 0) is 0 Å². The first-order valence-electron chi connectivity index (χ1n) is 3.63. The summed E-state index contributed by atoms with van der Waals surface area (Å²) in [5.41, 5.74) is -3.40. The number of benzene rings is 1. The molecule has 4 nitrogen and oxygen atoms in total. The van der Waals surface area contributed by atoms with E-state index in [-0.39, 0.29) is 0 Å². The Balaban J connectivity index is 3.80. The molecule has 0 radical (unpaired) electrons. The van der Waals surface area contributed by atoms with Crippen LogP contribution in [0.1, 0.15) is 11.1 Å². The Bertz CT molecular complexity index is 494. The topological polar surface area (TPSA) is 66.9 Å². The van der Waals surface area contributed by atoms with Gasteiger partial charge in [-0.2, -0.15) is 9.65 Å². The molecule has 0 aliphatic rings. The maximum absolute atomic E-state index is 13.1. The smallest absolute Gasteiger partial charge is 0.258 e. The van der Waals surface area contributed by atoms with Crippen molar-refractivity contribution in [2.75, 3.05) is 0 Å². The number of halogens is 3. The lowest BCUT2D eigenvalue weighted by Gasteiger charge is -2.03. The van der Waals surface area contributed by atoms with Crippen molar-refractivity contribution >= 4 is 5.69 Å². The number of hydrogen-bond acceptors (Lipinski definition) is 3. The summed E-state index contributed by atoms with van der Waals surface area (Å²) in [7, 11) is 0. The molecule has 0 aromatic heterocycles. The summed E-state index contributed by atoms with van der Waals surface area (Å²) in [6.07, 6.45) is 0. The summed E-state index contributed by atoms with van der Waals surface area (Å²) in [6.45, 7) is 0.849. The molecule has 15 heavy (non-hydrogen) atoms. The molecule has 1 rings (SSSR count). The summed E-state index contributed by atoms with van der Waals surface area (Å²) in [6, 6.07) is 1.06. The zero-order valence-electron chi connectivity index (χ0n) is 7.34. The highest BCUT2D eigenvalue weighted by Crippen LogP contribution is 2.29. The van der Waals surface area contributed by atoms with Gasteiger partial charge in [0.25, 0.3) is 0 Å². The van der Waals surface area contributed by atoms with E-state index in [1.165, 1.54) is 0 Å². The minimum Gasteiger partial charge on any atom is -0.258 e. The van der Waals surface area contributed by atoms with Gasteiger partial charge in [0, 0.05) is 5.56 Å². The van der Waals surface area contributed by atoms with Gasteiger partial charge in [-0.05, 0) is 6.92 Å².